The molecular weight excluding hydrogens is 256 g/mol. The largest absolute Gasteiger partial charge is 0.351 e. The summed E-state index contributed by atoms with van der Waals surface area (Å²) in [4.78, 5) is 12.2. The number of hydrogen-bond donors (Lipinski definition) is 1. The Labute approximate surface area is 110 Å². The summed E-state index contributed by atoms with van der Waals surface area (Å²) in [6.45, 7) is 5.86. The average molecular weight is 273 g/mol. The van der Waals surface area contributed by atoms with Gasteiger partial charge in [0.1, 0.15) is 0 Å². The Morgan fingerprint density at radius 3 is 2.56 bits per heavy atom. The van der Waals surface area contributed by atoms with Crippen LogP contribution in [0.15, 0.2) is 23.1 Å². The lowest BCUT2D eigenvalue weighted by atomic mass is 10.0. The van der Waals surface area contributed by atoms with Crippen molar-refractivity contribution < 1.29 is 13.6 Å². The van der Waals surface area contributed by atoms with E-state index in [4.69, 9.17) is 0 Å². The number of amides is 1. The molecule has 1 aromatic carbocycles. The summed E-state index contributed by atoms with van der Waals surface area (Å²) in [5, 5.41) is 2.87. The first-order valence-corrected chi connectivity index (χ1v) is 6.71. The van der Waals surface area contributed by atoms with Crippen molar-refractivity contribution in [1.29, 1.82) is 0 Å². The average Bonchev–Trinajstić information content (AvgIpc) is 2.30. The number of carbonyl (C=O) groups is 1. The van der Waals surface area contributed by atoms with Crippen LogP contribution >= 0.6 is 11.8 Å². The van der Waals surface area contributed by atoms with Gasteiger partial charge in [0.25, 0.3) is 0 Å². The molecule has 1 amide bonds. The third-order valence-electron chi connectivity index (χ3n) is 2.62. The fourth-order valence-corrected chi connectivity index (χ4v) is 1.94. The van der Waals surface area contributed by atoms with E-state index < -0.39 is 11.6 Å². The maximum atomic E-state index is 12.9. The lowest BCUT2D eigenvalue weighted by molar-refractivity contribution is -0.120. The fraction of sp³-hybridized carbons (Fsp3) is 0.462. The van der Waals surface area contributed by atoms with Crippen LogP contribution in [0.25, 0.3) is 0 Å². The highest BCUT2D eigenvalue weighted by Gasteiger charge is 2.17. The van der Waals surface area contributed by atoms with Crippen molar-refractivity contribution in [1.82, 2.24) is 5.32 Å². The second kappa shape index (κ2) is 6.18. The molecule has 0 spiro atoms. The highest BCUT2D eigenvalue weighted by molar-refractivity contribution is 8.00. The Bertz CT molecular complexity index is 435. The molecule has 0 saturated carbocycles. The third kappa shape index (κ3) is 4.64. The lowest BCUT2D eigenvalue weighted by Crippen LogP contribution is -2.43. The second-order valence-electron chi connectivity index (χ2n) is 4.65. The van der Waals surface area contributed by atoms with E-state index in [9.17, 15) is 13.6 Å². The smallest absolute Gasteiger partial charge is 0.230 e. The molecule has 18 heavy (non-hydrogen) atoms. The van der Waals surface area contributed by atoms with Gasteiger partial charge in [0, 0.05) is 10.4 Å². The number of nitrogens with one attached hydrogen (secondary N) is 1. The predicted molar refractivity (Wildman–Crippen MR) is 69.6 cm³/mol. The minimum atomic E-state index is -0.894. The zero-order chi connectivity index (χ0) is 13.8. The molecule has 0 aliphatic heterocycles. The van der Waals surface area contributed by atoms with Gasteiger partial charge < -0.3 is 5.32 Å². The van der Waals surface area contributed by atoms with Gasteiger partial charge in [-0.15, -0.1) is 11.8 Å². The Balaban J connectivity index is 2.50. The van der Waals surface area contributed by atoms with Gasteiger partial charge in [-0.05, 0) is 38.5 Å². The van der Waals surface area contributed by atoms with Gasteiger partial charge in [-0.2, -0.15) is 0 Å². The molecule has 0 aromatic heterocycles. The summed E-state index contributed by atoms with van der Waals surface area (Å²) in [7, 11) is 0. The van der Waals surface area contributed by atoms with Crippen LogP contribution in [-0.4, -0.2) is 17.2 Å². The summed E-state index contributed by atoms with van der Waals surface area (Å²) >= 11 is 1.18. The number of halogens is 2. The molecule has 0 fully saturated rings. The Hall–Kier alpha value is -1.10. The van der Waals surface area contributed by atoms with E-state index in [1.807, 2.05) is 20.8 Å². The monoisotopic (exact) mass is 273 g/mol. The van der Waals surface area contributed by atoms with E-state index in [1.54, 1.807) is 0 Å². The van der Waals surface area contributed by atoms with Gasteiger partial charge in [-0.1, -0.05) is 6.92 Å². The van der Waals surface area contributed by atoms with Crippen LogP contribution in [0.3, 0.4) is 0 Å². The van der Waals surface area contributed by atoms with Crippen molar-refractivity contribution in [3.05, 3.63) is 29.8 Å². The van der Waals surface area contributed by atoms with Crippen LogP contribution < -0.4 is 5.32 Å². The standard InChI is InChI=1S/C13H17F2NOS/c1-4-13(2,3)16-12(17)8-18-9-5-6-10(14)11(15)7-9/h5-7H,4,8H2,1-3H3,(H,16,17). The van der Waals surface area contributed by atoms with Crippen LogP contribution in [0, 0.1) is 11.6 Å². The first-order chi connectivity index (χ1) is 8.34. The number of benzene rings is 1. The summed E-state index contributed by atoms with van der Waals surface area (Å²) in [6.07, 6.45) is 0.828. The van der Waals surface area contributed by atoms with E-state index in [1.165, 1.54) is 17.8 Å². The zero-order valence-corrected chi connectivity index (χ0v) is 11.5. The molecule has 0 aliphatic carbocycles. The Morgan fingerprint density at radius 2 is 2.00 bits per heavy atom. The summed E-state index contributed by atoms with van der Waals surface area (Å²) in [5.41, 5.74) is -0.244. The minimum absolute atomic E-state index is 0.114. The molecule has 1 aromatic rings. The Kier molecular flexibility index (Phi) is 5.14. The molecule has 0 heterocycles. The summed E-state index contributed by atoms with van der Waals surface area (Å²) in [6, 6.07) is 3.62. The Morgan fingerprint density at radius 1 is 1.33 bits per heavy atom. The molecule has 0 saturated heterocycles. The molecular formula is C13H17F2NOS. The van der Waals surface area contributed by atoms with E-state index in [0.29, 0.717) is 4.90 Å². The summed E-state index contributed by atoms with van der Waals surface area (Å²) < 4.78 is 25.6. The third-order valence-corrected chi connectivity index (χ3v) is 3.62. The predicted octanol–water partition coefficient (Wildman–Crippen LogP) is 3.36. The normalized spacial score (nSPS) is 11.4. The van der Waals surface area contributed by atoms with E-state index in [2.05, 4.69) is 5.32 Å². The summed E-state index contributed by atoms with van der Waals surface area (Å²) in [5.74, 6) is -1.70. The van der Waals surface area contributed by atoms with Crippen molar-refractivity contribution in [2.75, 3.05) is 5.75 Å². The first-order valence-electron chi connectivity index (χ1n) is 5.73. The molecule has 0 radical (unpaired) electrons. The molecule has 0 aliphatic rings. The quantitative estimate of drug-likeness (QED) is 0.833. The molecule has 5 heteroatoms. The molecule has 0 bridgehead atoms. The van der Waals surface area contributed by atoms with Crippen molar-refractivity contribution in [2.24, 2.45) is 0 Å². The minimum Gasteiger partial charge on any atom is -0.351 e. The van der Waals surface area contributed by atoms with Gasteiger partial charge in [0.05, 0.1) is 5.75 Å². The topological polar surface area (TPSA) is 29.1 Å². The molecule has 100 valence electrons. The van der Waals surface area contributed by atoms with Crippen molar-refractivity contribution in [2.45, 2.75) is 37.6 Å². The zero-order valence-electron chi connectivity index (χ0n) is 10.7. The van der Waals surface area contributed by atoms with Gasteiger partial charge in [-0.3, -0.25) is 4.79 Å². The molecule has 0 unspecified atom stereocenters. The van der Waals surface area contributed by atoms with Crippen LogP contribution in [0.2, 0.25) is 0 Å². The lowest BCUT2D eigenvalue weighted by Gasteiger charge is -2.24. The highest BCUT2D eigenvalue weighted by atomic mass is 32.2. The molecule has 1 rings (SSSR count). The van der Waals surface area contributed by atoms with Gasteiger partial charge >= 0.3 is 0 Å². The van der Waals surface area contributed by atoms with Crippen molar-refractivity contribution >= 4 is 17.7 Å². The van der Waals surface area contributed by atoms with Gasteiger partial charge in [0.2, 0.25) is 5.91 Å². The van der Waals surface area contributed by atoms with Crippen molar-refractivity contribution in [3.8, 4) is 0 Å². The first kappa shape index (κ1) is 15.0. The maximum Gasteiger partial charge on any atom is 0.230 e. The van der Waals surface area contributed by atoms with E-state index >= 15 is 0 Å². The molecule has 1 N–H and O–H groups in total. The highest BCUT2D eigenvalue weighted by Crippen LogP contribution is 2.20. The van der Waals surface area contributed by atoms with Crippen LogP contribution in [-0.2, 0) is 4.79 Å². The van der Waals surface area contributed by atoms with E-state index in [0.717, 1.165) is 18.6 Å². The SMILES string of the molecule is CCC(C)(C)NC(=O)CSc1ccc(F)c(F)c1. The number of carbonyl (C=O) groups excluding carboxylic acids is 1. The number of thioether (sulfide) groups is 1. The van der Waals surface area contributed by atoms with Crippen molar-refractivity contribution in [3.63, 3.8) is 0 Å². The van der Waals surface area contributed by atoms with Gasteiger partial charge in [0.15, 0.2) is 11.6 Å². The van der Waals surface area contributed by atoms with Crippen LogP contribution in [0.4, 0.5) is 8.78 Å². The second-order valence-corrected chi connectivity index (χ2v) is 5.70. The molecule has 2 nitrogen and oxygen atoms in total. The van der Waals surface area contributed by atoms with Crippen LogP contribution in [0.5, 0.6) is 0 Å². The molecule has 0 atom stereocenters. The number of hydrogen-bond acceptors (Lipinski definition) is 2. The number of rotatable bonds is 5. The maximum absolute atomic E-state index is 12.9. The van der Waals surface area contributed by atoms with E-state index in [-0.39, 0.29) is 17.2 Å². The fourth-order valence-electron chi connectivity index (χ4n) is 1.22. The van der Waals surface area contributed by atoms with Crippen LogP contribution in [0.1, 0.15) is 27.2 Å². The van der Waals surface area contributed by atoms with Gasteiger partial charge in [-0.25, -0.2) is 8.78 Å².